The average molecular weight is 399 g/mol. The van der Waals surface area contributed by atoms with Gasteiger partial charge in [-0.1, -0.05) is 6.07 Å². The lowest BCUT2D eigenvalue weighted by atomic mass is 9.96. The van der Waals surface area contributed by atoms with Crippen LogP contribution in [0.15, 0.2) is 18.2 Å². The molecule has 140 valence electrons. The SMILES string of the molecule is C[C@H](c1ccc(C(F)(F)F)cc1C(F)(F)F)N1CCNCC1.Cl.Cl. The van der Waals surface area contributed by atoms with E-state index in [1.807, 2.05) is 4.90 Å². The van der Waals surface area contributed by atoms with Gasteiger partial charge in [0.15, 0.2) is 0 Å². The van der Waals surface area contributed by atoms with Gasteiger partial charge in [-0.05, 0) is 24.6 Å². The van der Waals surface area contributed by atoms with Crippen LogP contribution in [0.25, 0.3) is 0 Å². The summed E-state index contributed by atoms with van der Waals surface area (Å²) in [6, 6.07) is 1.26. The summed E-state index contributed by atoms with van der Waals surface area (Å²) >= 11 is 0. The van der Waals surface area contributed by atoms with Crippen molar-refractivity contribution in [1.29, 1.82) is 0 Å². The molecule has 2 rings (SSSR count). The van der Waals surface area contributed by atoms with Crippen LogP contribution in [0, 0.1) is 0 Å². The summed E-state index contributed by atoms with van der Waals surface area (Å²) in [6.45, 7) is 3.99. The fraction of sp³-hybridized carbons (Fsp3) is 0.571. The van der Waals surface area contributed by atoms with Gasteiger partial charge in [0, 0.05) is 32.2 Å². The van der Waals surface area contributed by atoms with Crippen molar-refractivity contribution < 1.29 is 26.3 Å². The average Bonchev–Trinajstić information content (AvgIpc) is 2.45. The van der Waals surface area contributed by atoms with Crippen LogP contribution in [0.1, 0.15) is 29.7 Å². The number of benzene rings is 1. The highest BCUT2D eigenvalue weighted by atomic mass is 35.5. The van der Waals surface area contributed by atoms with Gasteiger partial charge in [0.05, 0.1) is 11.1 Å². The second-order valence-electron chi connectivity index (χ2n) is 5.26. The molecule has 1 saturated heterocycles. The number of hydrogen-bond acceptors (Lipinski definition) is 2. The third-order valence-corrected chi connectivity index (χ3v) is 3.84. The van der Waals surface area contributed by atoms with Gasteiger partial charge in [0.2, 0.25) is 0 Å². The van der Waals surface area contributed by atoms with Crippen LogP contribution >= 0.6 is 24.8 Å². The number of halogens is 8. The van der Waals surface area contributed by atoms with Crippen LogP contribution in [-0.4, -0.2) is 31.1 Å². The number of rotatable bonds is 2. The summed E-state index contributed by atoms with van der Waals surface area (Å²) in [5.41, 5.74) is -2.62. The third-order valence-electron chi connectivity index (χ3n) is 3.84. The van der Waals surface area contributed by atoms with E-state index < -0.39 is 29.5 Å². The largest absolute Gasteiger partial charge is 0.416 e. The summed E-state index contributed by atoms with van der Waals surface area (Å²) in [7, 11) is 0. The molecule has 0 aliphatic carbocycles. The zero-order valence-corrected chi connectivity index (χ0v) is 14.3. The van der Waals surface area contributed by atoms with Gasteiger partial charge in [-0.15, -0.1) is 24.8 Å². The van der Waals surface area contributed by atoms with E-state index in [1.165, 1.54) is 0 Å². The molecular weight excluding hydrogens is 381 g/mol. The molecule has 1 heterocycles. The minimum atomic E-state index is -4.82. The molecule has 1 fully saturated rings. The van der Waals surface area contributed by atoms with E-state index in [4.69, 9.17) is 0 Å². The van der Waals surface area contributed by atoms with Crippen molar-refractivity contribution in [2.45, 2.75) is 25.3 Å². The summed E-state index contributed by atoms with van der Waals surface area (Å²) in [5, 5.41) is 3.08. The number of nitrogens with zero attached hydrogens (tertiary/aromatic N) is 1. The summed E-state index contributed by atoms with van der Waals surface area (Å²) < 4.78 is 77.4. The van der Waals surface area contributed by atoms with Crippen molar-refractivity contribution in [3.63, 3.8) is 0 Å². The van der Waals surface area contributed by atoms with Crippen LogP contribution in [-0.2, 0) is 12.4 Å². The summed E-state index contributed by atoms with van der Waals surface area (Å²) in [6.07, 6.45) is -9.62. The Bertz CT molecular complexity index is 527. The number of nitrogens with one attached hydrogen (secondary N) is 1. The highest BCUT2D eigenvalue weighted by Gasteiger charge is 2.39. The van der Waals surface area contributed by atoms with Crippen LogP contribution < -0.4 is 5.32 Å². The molecule has 1 aliphatic heterocycles. The molecule has 0 aromatic heterocycles. The highest BCUT2D eigenvalue weighted by molar-refractivity contribution is 5.85. The maximum Gasteiger partial charge on any atom is 0.416 e. The molecule has 0 bridgehead atoms. The number of hydrogen-bond donors (Lipinski definition) is 1. The predicted octanol–water partition coefficient (Wildman–Crippen LogP) is 4.53. The van der Waals surface area contributed by atoms with Gasteiger partial charge in [-0.3, -0.25) is 4.90 Å². The van der Waals surface area contributed by atoms with Gasteiger partial charge >= 0.3 is 12.4 Å². The third kappa shape index (κ3) is 5.40. The molecule has 2 nitrogen and oxygen atoms in total. The second-order valence-corrected chi connectivity index (χ2v) is 5.26. The van der Waals surface area contributed by atoms with Gasteiger partial charge in [0.25, 0.3) is 0 Å². The maximum atomic E-state index is 13.1. The van der Waals surface area contributed by atoms with Gasteiger partial charge in [-0.25, -0.2) is 0 Å². The first-order valence-electron chi connectivity index (χ1n) is 6.84. The Kier molecular flexibility index (Phi) is 8.35. The van der Waals surface area contributed by atoms with Crippen molar-refractivity contribution in [2.24, 2.45) is 0 Å². The first kappa shape index (κ1) is 23.3. The topological polar surface area (TPSA) is 15.3 Å². The molecule has 1 aromatic carbocycles. The van der Waals surface area contributed by atoms with E-state index >= 15 is 0 Å². The molecule has 0 unspecified atom stereocenters. The highest BCUT2D eigenvalue weighted by Crippen LogP contribution is 2.40. The molecule has 0 amide bonds. The fourth-order valence-electron chi connectivity index (χ4n) is 2.61. The van der Waals surface area contributed by atoms with Crippen molar-refractivity contribution in [3.05, 3.63) is 34.9 Å². The molecule has 0 saturated carbocycles. The van der Waals surface area contributed by atoms with Crippen LogP contribution in [0.3, 0.4) is 0 Å². The van der Waals surface area contributed by atoms with E-state index in [-0.39, 0.29) is 36.4 Å². The van der Waals surface area contributed by atoms with Gasteiger partial charge in [-0.2, -0.15) is 26.3 Å². The number of alkyl halides is 6. The van der Waals surface area contributed by atoms with E-state index in [0.29, 0.717) is 32.2 Å². The van der Waals surface area contributed by atoms with Crippen molar-refractivity contribution in [2.75, 3.05) is 26.2 Å². The monoisotopic (exact) mass is 398 g/mol. The van der Waals surface area contributed by atoms with E-state index in [1.54, 1.807) is 6.92 Å². The first-order valence-corrected chi connectivity index (χ1v) is 6.84. The molecule has 1 atom stereocenters. The van der Waals surface area contributed by atoms with Crippen LogP contribution in [0.4, 0.5) is 26.3 Å². The predicted molar refractivity (Wildman–Crippen MR) is 83.8 cm³/mol. The standard InChI is InChI=1S/C14H16F6N2.2ClH/c1-9(22-6-4-21-5-7-22)11-3-2-10(13(15,16)17)8-12(11)14(18,19)20;;/h2-3,8-9,21H,4-7H2,1H3;2*1H/t9-;;/m1../s1. The van der Waals surface area contributed by atoms with Gasteiger partial charge < -0.3 is 5.32 Å². The van der Waals surface area contributed by atoms with Crippen LogP contribution in [0.2, 0.25) is 0 Å². The van der Waals surface area contributed by atoms with Crippen molar-refractivity contribution >= 4 is 24.8 Å². The Balaban J connectivity index is 0.00000264. The maximum absolute atomic E-state index is 13.1. The van der Waals surface area contributed by atoms with E-state index in [2.05, 4.69) is 5.32 Å². The van der Waals surface area contributed by atoms with Gasteiger partial charge in [0.1, 0.15) is 0 Å². The lowest BCUT2D eigenvalue weighted by Crippen LogP contribution is -2.44. The molecule has 0 radical (unpaired) electrons. The molecular formula is C14H18Cl2F6N2. The summed E-state index contributed by atoms with van der Waals surface area (Å²) in [4.78, 5) is 1.83. The number of piperazine rings is 1. The Hall–Kier alpha value is -0.700. The van der Waals surface area contributed by atoms with E-state index in [9.17, 15) is 26.3 Å². The fourth-order valence-corrected chi connectivity index (χ4v) is 2.61. The lowest BCUT2D eigenvalue weighted by Gasteiger charge is -2.34. The minimum absolute atomic E-state index is 0. The van der Waals surface area contributed by atoms with Crippen molar-refractivity contribution in [3.8, 4) is 0 Å². The minimum Gasteiger partial charge on any atom is -0.314 e. The first-order chi connectivity index (χ1) is 10.1. The molecule has 1 N–H and O–H groups in total. The Morgan fingerprint density at radius 1 is 0.958 bits per heavy atom. The van der Waals surface area contributed by atoms with E-state index in [0.717, 1.165) is 6.07 Å². The summed E-state index contributed by atoms with van der Waals surface area (Å²) in [5.74, 6) is 0. The van der Waals surface area contributed by atoms with Crippen molar-refractivity contribution in [1.82, 2.24) is 10.2 Å². The second kappa shape index (κ2) is 8.60. The lowest BCUT2D eigenvalue weighted by molar-refractivity contribution is -0.143. The molecule has 1 aromatic rings. The molecule has 10 heteroatoms. The molecule has 0 spiro atoms. The normalized spacial score (nSPS) is 17.6. The molecule has 1 aliphatic rings. The van der Waals surface area contributed by atoms with Crippen LogP contribution in [0.5, 0.6) is 0 Å². The smallest absolute Gasteiger partial charge is 0.314 e. The Morgan fingerprint density at radius 3 is 1.96 bits per heavy atom. The molecule has 24 heavy (non-hydrogen) atoms. The quantitative estimate of drug-likeness (QED) is 0.736. The zero-order chi connectivity index (χ0) is 16.5. The Morgan fingerprint density at radius 2 is 1.50 bits per heavy atom. The zero-order valence-electron chi connectivity index (χ0n) is 12.7. The Labute approximate surface area is 148 Å².